The van der Waals surface area contributed by atoms with Crippen molar-refractivity contribution in [3.05, 3.63) is 83.3 Å². The van der Waals surface area contributed by atoms with Crippen LogP contribution in [0.15, 0.2) is 67.4 Å². The molecule has 6 nitrogen and oxygen atoms in total. The lowest BCUT2D eigenvalue weighted by Crippen LogP contribution is -2.33. The van der Waals surface area contributed by atoms with Gasteiger partial charge < -0.3 is 20.1 Å². The van der Waals surface area contributed by atoms with Crippen molar-refractivity contribution in [3.8, 4) is 22.4 Å². The third kappa shape index (κ3) is 3.79. The van der Waals surface area contributed by atoms with Crippen molar-refractivity contribution in [3.63, 3.8) is 0 Å². The van der Waals surface area contributed by atoms with E-state index in [4.69, 9.17) is 11.6 Å². The number of hydrogen-bond acceptors (Lipinski definition) is 3. The molecule has 4 heterocycles. The van der Waals surface area contributed by atoms with Crippen LogP contribution in [-0.4, -0.2) is 48.6 Å². The minimum absolute atomic E-state index is 0.0825. The van der Waals surface area contributed by atoms with Crippen molar-refractivity contribution in [1.82, 2.24) is 9.97 Å². The predicted octanol–water partition coefficient (Wildman–Crippen LogP) is 5.82. The molecule has 0 unspecified atom stereocenters. The highest BCUT2D eigenvalue weighted by Crippen LogP contribution is 2.43. The monoisotopic (exact) mass is 482 g/mol. The summed E-state index contributed by atoms with van der Waals surface area (Å²) >= 11 is 6.71. The van der Waals surface area contributed by atoms with Crippen molar-refractivity contribution in [2.75, 3.05) is 42.5 Å². The average molecular weight is 483 g/mol. The van der Waals surface area contributed by atoms with E-state index in [-0.39, 0.29) is 5.91 Å². The lowest BCUT2D eigenvalue weighted by molar-refractivity contribution is -0.114. The Bertz CT molecular complexity index is 1440. The second-order valence-electron chi connectivity index (χ2n) is 8.88. The number of carbonyl (C=O) groups excluding carboxylic acids is 1. The molecule has 0 atom stereocenters. The number of benzene rings is 2. The first-order valence-corrected chi connectivity index (χ1v) is 12.2. The van der Waals surface area contributed by atoms with Crippen LogP contribution in [0.5, 0.6) is 0 Å². The van der Waals surface area contributed by atoms with Crippen LogP contribution in [0.4, 0.5) is 11.4 Å². The number of halogens is 1. The fourth-order valence-electron chi connectivity index (χ4n) is 5.16. The van der Waals surface area contributed by atoms with Gasteiger partial charge in [0, 0.05) is 35.1 Å². The second kappa shape index (κ2) is 8.87. The van der Waals surface area contributed by atoms with Gasteiger partial charge in [0.05, 0.1) is 10.7 Å². The molecule has 1 amide bonds. The van der Waals surface area contributed by atoms with Crippen LogP contribution in [0.25, 0.3) is 38.7 Å². The summed E-state index contributed by atoms with van der Waals surface area (Å²) in [5.74, 6) is -0.0825. The lowest BCUT2D eigenvalue weighted by atomic mass is 9.97. The maximum atomic E-state index is 12.5. The quantitative estimate of drug-likeness (QED) is 0.373. The molecule has 2 aromatic heterocycles. The first-order valence-electron chi connectivity index (χ1n) is 11.9. The molecule has 0 bridgehead atoms. The summed E-state index contributed by atoms with van der Waals surface area (Å²) in [5.41, 5.74) is 8.02. The molecule has 2 aliphatic rings. The molecule has 176 valence electrons. The minimum atomic E-state index is -0.0825. The Morgan fingerprint density at radius 2 is 1.83 bits per heavy atom. The van der Waals surface area contributed by atoms with Crippen molar-refractivity contribution in [2.45, 2.75) is 6.42 Å². The number of pyridine rings is 1. The number of carbonyl (C=O) groups is 1. The molecule has 7 heteroatoms. The molecule has 2 aliphatic heterocycles. The van der Waals surface area contributed by atoms with Gasteiger partial charge in [0.2, 0.25) is 5.91 Å². The smallest absolute Gasteiger partial charge is 0.250 e. The van der Waals surface area contributed by atoms with E-state index >= 15 is 0 Å². The highest BCUT2D eigenvalue weighted by molar-refractivity contribution is 6.36. The Morgan fingerprint density at radius 3 is 2.60 bits per heavy atom. The van der Waals surface area contributed by atoms with E-state index < -0.39 is 0 Å². The molecule has 1 saturated heterocycles. The summed E-state index contributed by atoms with van der Waals surface area (Å²) in [6.07, 6.45) is 3.92. The van der Waals surface area contributed by atoms with E-state index in [1.54, 1.807) is 11.1 Å². The molecule has 6 rings (SSSR count). The highest BCUT2D eigenvalue weighted by Gasteiger charge is 2.25. The Balaban J connectivity index is 1.48. The van der Waals surface area contributed by atoms with E-state index in [1.165, 1.54) is 11.8 Å². The number of hydrogen-bond donors (Lipinski definition) is 1. The first-order chi connectivity index (χ1) is 17.1. The van der Waals surface area contributed by atoms with Crippen LogP contribution >= 0.6 is 11.6 Å². The van der Waals surface area contributed by atoms with Crippen LogP contribution in [0.3, 0.4) is 0 Å². The molecule has 1 fully saturated rings. The zero-order valence-corrected chi connectivity index (χ0v) is 20.1. The molecule has 0 radical (unpaired) electrons. The minimum Gasteiger partial charge on any atom is -0.659 e. The van der Waals surface area contributed by atoms with Gasteiger partial charge in [0.15, 0.2) is 0 Å². The van der Waals surface area contributed by atoms with Crippen molar-refractivity contribution >= 4 is 39.9 Å². The SMILES string of the molecule is C=CC(=O)N1CCc2ccc(-c3c(-c4ccc(N5CC[N-]CC5)cc4)[nH]c4nccc(Cl)c34)cc21. The number of rotatable bonds is 4. The molecule has 0 saturated carbocycles. The largest absolute Gasteiger partial charge is 0.659 e. The third-order valence-corrected chi connectivity index (χ3v) is 7.25. The Hall–Kier alpha value is -3.61. The van der Waals surface area contributed by atoms with Gasteiger partial charge in [-0.25, -0.2) is 4.98 Å². The van der Waals surface area contributed by atoms with Gasteiger partial charge in [-0.3, -0.25) is 4.79 Å². The fourth-order valence-corrected chi connectivity index (χ4v) is 5.40. The van der Waals surface area contributed by atoms with Gasteiger partial charge >= 0.3 is 0 Å². The fraction of sp³-hybridized carbons (Fsp3) is 0.214. The van der Waals surface area contributed by atoms with Crippen LogP contribution in [0, 0.1) is 0 Å². The number of anilines is 2. The molecule has 2 aromatic carbocycles. The van der Waals surface area contributed by atoms with E-state index in [1.807, 2.05) is 6.07 Å². The van der Waals surface area contributed by atoms with Crippen molar-refractivity contribution in [2.24, 2.45) is 0 Å². The maximum absolute atomic E-state index is 12.5. The summed E-state index contributed by atoms with van der Waals surface area (Å²) in [5, 5.41) is 5.97. The summed E-state index contributed by atoms with van der Waals surface area (Å²) in [6, 6.07) is 16.7. The van der Waals surface area contributed by atoms with Gasteiger partial charge in [-0.05, 0) is 66.5 Å². The summed E-state index contributed by atoms with van der Waals surface area (Å²) in [7, 11) is 0. The number of H-pyrrole nitrogens is 1. The topological polar surface area (TPSA) is 66.3 Å². The predicted molar refractivity (Wildman–Crippen MR) is 144 cm³/mol. The normalized spacial score (nSPS) is 15.5. The Morgan fingerprint density at radius 1 is 1.06 bits per heavy atom. The molecule has 1 N–H and O–H groups in total. The second-order valence-corrected chi connectivity index (χ2v) is 9.29. The summed E-state index contributed by atoms with van der Waals surface area (Å²) in [6.45, 7) is 7.99. The number of piperazine rings is 1. The molecule has 4 aromatic rings. The van der Waals surface area contributed by atoms with E-state index in [2.05, 4.69) is 69.2 Å². The number of nitrogens with zero attached hydrogens (tertiary/aromatic N) is 4. The number of nitrogens with one attached hydrogen (secondary N) is 1. The maximum Gasteiger partial charge on any atom is 0.250 e. The number of aromatic nitrogens is 2. The van der Waals surface area contributed by atoms with E-state index in [9.17, 15) is 4.79 Å². The van der Waals surface area contributed by atoms with Crippen molar-refractivity contribution < 1.29 is 4.79 Å². The van der Waals surface area contributed by atoms with Gasteiger partial charge in [0.25, 0.3) is 0 Å². The van der Waals surface area contributed by atoms with Gasteiger partial charge in [0.1, 0.15) is 5.65 Å². The van der Waals surface area contributed by atoms with Gasteiger partial charge in [-0.1, -0.05) is 42.4 Å². The summed E-state index contributed by atoms with van der Waals surface area (Å²) < 4.78 is 0. The zero-order valence-electron chi connectivity index (χ0n) is 19.3. The number of fused-ring (bicyclic) bond motifs is 2. The van der Waals surface area contributed by atoms with Crippen LogP contribution in [-0.2, 0) is 11.2 Å². The van der Waals surface area contributed by atoms with Gasteiger partial charge in [-0.15, -0.1) is 13.1 Å². The van der Waals surface area contributed by atoms with Crippen molar-refractivity contribution in [1.29, 1.82) is 0 Å². The first kappa shape index (κ1) is 21.9. The Labute approximate surface area is 209 Å². The van der Waals surface area contributed by atoms with Crippen LogP contribution in [0.1, 0.15) is 5.56 Å². The third-order valence-electron chi connectivity index (χ3n) is 6.93. The lowest BCUT2D eigenvalue weighted by Gasteiger charge is -2.37. The molecular formula is C28H25ClN5O-. The molecule has 35 heavy (non-hydrogen) atoms. The summed E-state index contributed by atoms with van der Waals surface area (Å²) in [4.78, 5) is 24.7. The average Bonchev–Trinajstić information content (AvgIpc) is 3.51. The zero-order chi connectivity index (χ0) is 23.9. The molecule has 0 aliphatic carbocycles. The highest BCUT2D eigenvalue weighted by atomic mass is 35.5. The number of amides is 1. The van der Waals surface area contributed by atoms with E-state index in [0.29, 0.717) is 11.6 Å². The van der Waals surface area contributed by atoms with E-state index in [0.717, 1.165) is 77.3 Å². The molecule has 0 spiro atoms. The standard InChI is InChI=1S/C28H25ClN5O/c1-2-24(35)34-14-10-18-3-4-20(17-23(18)34)25-26-22(29)9-11-31-28(26)32-27(25)19-5-7-21(8-6-19)33-15-12-30-13-16-33/h2-9,11,17H,1,10,12-16H2,(H,31,32)/q-1. The van der Waals surface area contributed by atoms with Crippen LogP contribution in [0.2, 0.25) is 5.02 Å². The molecular weight excluding hydrogens is 458 g/mol. The van der Waals surface area contributed by atoms with Gasteiger partial charge in [-0.2, -0.15) is 0 Å². The number of aromatic amines is 1. The van der Waals surface area contributed by atoms with Crippen LogP contribution < -0.4 is 9.80 Å². The Kier molecular flexibility index (Phi) is 5.55.